The van der Waals surface area contributed by atoms with E-state index in [4.69, 9.17) is 4.98 Å². The minimum atomic E-state index is 0.943. The largest absolute Gasteiger partial charge is 0.292 e. The summed E-state index contributed by atoms with van der Waals surface area (Å²) >= 11 is 0. The zero-order chi connectivity index (χ0) is 38.9. The van der Waals surface area contributed by atoms with E-state index < -0.39 is 0 Å². The first kappa shape index (κ1) is 33.3. The molecule has 0 radical (unpaired) electrons. The van der Waals surface area contributed by atoms with Crippen LogP contribution in [0, 0.1) is 0 Å². The van der Waals surface area contributed by atoms with Gasteiger partial charge < -0.3 is 0 Å². The highest BCUT2D eigenvalue weighted by molar-refractivity contribution is 6.28. The normalized spacial score (nSPS) is 11.7. The molecule has 0 aliphatic heterocycles. The Labute approximate surface area is 343 Å². The van der Waals surface area contributed by atoms with Gasteiger partial charge in [0, 0.05) is 11.3 Å². The molecule has 11 aromatic rings. The van der Waals surface area contributed by atoms with Gasteiger partial charge in [-0.3, -0.25) is 4.57 Å². The van der Waals surface area contributed by atoms with E-state index in [1.165, 1.54) is 88.3 Å². The van der Waals surface area contributed by atoms with Crippen LogP contribution in [0.5, 0.6) is 0 Å². The lowest BCUT2D eigenvalue weighted by Crippen LogP contribution is -1.97. The monoisotopic (exact) mass is 748 g/mol. The summed E-state index contributed by atoms with van der Waals surface area (Å²) in [7, 11) is 0. The molecular formula is C57H36N2. The van der Waals surface area contributed by atoms with Crippen molar-refractivity contribution in [2.75, 3.05) is 0 Å². The Bertz CT molecular complexity index is 3290. The maximum absolute atomic E-state index is 5.04. The van der Waals surface area contributed by atoms with Crippen LogP contribution in [0.4, 0.5) is 0 Å². The van der Waals surface area contributed by atoms with Crippen LogP contribution in [-0.2, 0) is 0 Å². The third-order valence-corrected chi connectivity index (χ3v) is 12.2. The van der Waals surface area contributed by atoms with Crippen molar-refractivity contribution in [2.45, 2.75) is 0 Å². The molecule has 1 heterocycles. The van der Waals surface area contributed by atoms with Crippen molar-refractivity contribution in [1.82, 2.24) is 9.55 Å². The number of rotatable bonds is 6. The third kappa shape index (κ3) is 5.24. The van der Waals surface area contributed by atoms with Crippen molar-refractivity contribution in [2.24, 2.45) is 0 Å². The summed E-state index contributed by atoms with van der Waals surface area (Å²) in [6.07, 6.45) is 0. The summed E-state index contributed by atoms with van der Waals surface area (Å²) < 4.78 is 2.26. The van der Waals surface area contributed by atoms with Crippen LogP contribution >= 0.6 is 0 Å². The molecule has 0 bridgehead atoms. The minimum Gasteiger partial charge on any atom is -0.292 e. The highest BCUT2D eigenvalue weighted by Crippen LogP contribution is 2.58. The molecule has 59 heavy (non-hydrogen) atoms. The van der Waals surface area contributed by atoms with Crippen LogP contribution in [0.3, 0.4) is 0 Å². The van der Waals surface area contributed by atoms with Gasteiger partial charge in [0.05, 0.1) is 11.0 Å². The Morgan fingerprint density at radius 1 is 0.288 bits per heavy atom. The van der Waals surface area contributed by atoms with Gasteiger partial charge in [0.1, 0.15) is 5.82 Å². The zero-order valence-corrected chi connectivity index (χ0v) is 32.2. The van der Waals surface area contributed by atoms with E-state index in [9.17, 15) is 0 Å². The third-order valence-electron chi connectivity index (χ3n) is 12.2. The quantitative estimate of drug-likeness (QED) is 0.166. The van der Waals surface area contributed by atoms with Crippen LogP contribution in [0.25, 0.3) is 116 Å². The molecule has 0 atom stereocenters. The number of para-hydroxylation sites is 2. The lowest BCUT2D eigenvalue weighted by Gasteiger charge is -2.20. The van der Waals surface area contributed by atoms with Crippen LogP contribution in [0.15, 0.2) is 218 Å². The van der Waals surface area contributed by atoms with Gasteiger partial charge in [-0.15, -0.1) is 0 Å². The molecule has 12 rings (SSSR count). The van der Waals surface area contributed by atoms with Gasteiger partial charge in [0.15, 0.2) is 0 Å². The van der Waals surface area contributed by atoms with Gasteiger partial charge >= 0.3 is 0 Å². The molecule has 10 aromatic carbocycles. The molecule has 1 aliphatic rings. The van der Waals surface area contributed by atoms with Crippen molar-refractivity contribution in [1.29, 1.82) is 0 Å². The second-order valence-corrected chi connectivity index (χ2v) is 15.4. The number of benzene rings is 10. The topological polar surface area (TPSA) is 17.8 Å². The van der Waals surface area contributed by atoms with Crippen LogP contribution in [0.2, 0.25) is 0 Å². The second-order valence-electron chi connectivity index (χ2n) is 15.4. The molecule has 0 fully saturated rings. The number of fused-ring (bicyclic) bond motifs is 5. The molecule has 2 heteroatoms. The molecular weight excluding hydrogens is 713 g/mol. The van der Waals surface area contributed by atoms with Gasteiger partial charge in [-0.1, -0.05) is 194 Å². The average Bonchev–Trinajstić information content (AvgIpc) is 3.87. The molecule has 1 aromatic heterocycles. The first-order valence-electron chi connectivity index (χ1n) is 20.3. The van der Waals surface area contributed by atoms with Crippen molar-refractivity contribution < 1.29 is 0 Å². The van der Waals surface area contributed by atoms with E-state index in [1.54, 1.807) is 0 Å². The van der Waals surface area contributed by atoms with Crippen molar-refractivity contribution in [3.63, 3.8) is 0 Å². The smallest absolute Gasteiger partial charge is 0.145 e. The Balaban J connectivity index is 0.969. The Hall–Kier alpha value is -7.81. The standard InChI is InChI=1S/C57H36N2/c1-4-15-40(16-5-1)52-46-21-10-11-22-47(46)53(41-17-6-2-7-18-41)56-49-36-35-44(45-23-14-24-48(54(45)49)55(52)56)39-29-27-37(28-30-39)38-31-33-43(34-32-38)59-51-26-13-12-25-50(51)58-57(59)42-19-8-3-9-20-42/h1-36H. The fourth-order valence-corrected chi connectivity index (χ4v) is 9.57. The molecule has 0 spiro atoms. The zero-order valence-electron chi connectivity index (χ0n) is 32.2. The molecule has 0 saturated carbocycles. The fourth-order valence-electron chi connectivity index (χ4n) is 9.57. The summed E-state index contributed by atoms with van der Waals surface area (Å²) in [5.74, 6) is 0.943. The second kappa shape index (κ2) is 13.4. The van der Waals surface area contributed by atoms with Gasteiger partial charge in [-0.05, 0) is 113 Å². The van der Waals surface area contributed by atoms with E-state index in [-0.39, 0.29) is 0 Å². The van der Waals surface area contributed by atoms with Crippen molar-refractivity contribution in [3.05, 3.63) is 218 Å². The number of nitrogens with zero attached hydrogens (tertiary/aromatic N) is 2. The average molecular weight is 749 g/mol. The van der Waals surface area contributed by atoms with E-state index >= 15 is 0 Å². The van der Waals surface area contributed by atoms with Gasteiger partial charge in [0.2, 0.25) is 0 Å². The number of hydrogen-bond acceptors (Lipinski definition) is 1. The lowest BCUT2D eigenvalue weighted by molar-refractivity contribution is 1.10. The molecule has 2 nitrogen and oxygen atoms in total. The van der Waals surface area contributed by atoms with Crippen LogP contribution in [0.1, 0.15) is 0 Å². The maximum Gasteiger partial charge on any atom is 0.145 e. The molecule has 274 valence electrons. The first-order chi connectivity index (χ1) is 29.3. The Kier molecular flexibility index (Phi) is 7.57. The van der Waals surface area contributed by atoms with Gasteiger partial charge in [-0.2, -0.15) is 0 Å². The van der Waals surface area contributed by atoms with E-state index in [1.807, 2.05) is 6.07 Å². The van der Waals surface area contributed by atoms with Crippen molar-refractivity contribution >= 4 is 32.6 Å². The SMILES string of the molecule is c1ccc(-c2c3c(c(-c4ccccc4)c4ccccc24)-c2ccc(-c4ccc(-c5ccc(-n6c(-c7ccccc7)nc7ccccc76)cc5)cc4)c4cccc-3c24)cc1. The predicted octanol–water partition coefficient (Wildman–Crippen LogP) is 15.3. The maximum atomic E-state index is 5.04. The molecule has 1 aliphatic carbocycles. The first-order valence-corrected chi connectivity index (χ1v) is 20.3. The number of hydrogen-bond donors (Lipinski definition) is 0. The summed E-state index contributed by atoms with van der Waals surface area (Å²) in [6, 6.07) is 79.2. The molecule has 0 N–H and O–H groups in total. The Morgan fingerprint density at radius 3 is 1.39 bits per heavy atom. The summed E-state index contributed by atoms with van der Waals surface area (Å²) in [5, 5.41) is 5.16. The Morgan fingerprint density at radius 2 is 0.763 bits per heavy atom. The molecule has 0 amide bonds. The highest BCUT2D eigenvalue weighted by atomic mass is 15.1. The van der Waals surface area contributed by atoms with Gasteiger partial charge in [-0.25, -0.2) is 4.98 Å². The van der Waals surface area contributed by atoms with E-state index in [0.29, 0.717) is 0 Å². The van der Waals surface area contributed by atoms with Crippen LogP contribution in [-0.4, -0.2) is 9.55 Å². The van der Waals surface area contributed by atoms with Crippen molar-refractivity contribution in [3.8, 4) is 83.8 Å². The summed E-state index contributed by atoms with van der Waals surface area (Å²) in [6.45, 7) is 0. The lowest BCUT2D eigenvalue weighted by atomic mass is 9.82. The summed E-state index contributed by atoms with van der Waals surface area (Å²) in [4.78, 5) is 5.04. The van der Waals surface area contributed by atoms with E-state index in [0.717, 1.165) is 28.1 Å². The predicted molar refractivity (Wildman–Crippen MR) is 248 cm³/mol. The molecule has 0 saturated heterocycles. The fraction of sp³-hybridized carbons (Fsp3) is 0. The molecule has 0 unspecified atom stereocenters. The van der Waals surface area contributed by atoms with Crippen LogP contribution < -0.4 is 0 Å². The summed E-state index contributed by atoms with van der Waals surface area (Å²) in [5.41, 5.74) is 19.4. The number of imidazole rings is 1. The van der Waals surface area contributed by atoms with Gasteiger partial charge in [0.25, 0.3) is 0 Å². The number of aromatic nitrogens is 2. The van der Waals surface area contributed by atoms with E-state index in [2.05, 4.69) is 217 Å². The highest BCUT2D eigenvalue weighted by Gasteiger charge is 2.31. The minimum absolute atomic E-state index is 0.943.